The van der Waals surface area contributed by atoms with E-state index in [4.69, 9.17) is 16.7 Å². The number of halogens is 2. The first-order valence-corrected chi connectivity index (χ1v) is 4.99. The number of hydrogen-bond acceptors (Lipinski definition) is 1. The van der Waals surface area contributed by atoms with Gasteiger partial charge in [-0.15, -0.1) is 0 Å². The van der Waals surface area contributed by atoms with Gasteiger partial charge in [0.2, 0.25) is 0 Å². The lowest BCUT2D eigenvalue weighted by atomic mass is 9.88. The molecule has 0 aliphatic carbocycles. The standard InChI is InChI=1S/C11H12ClFO2/c1-6(2)9(11(14)15)7-4-3-5-8(13)10(7)12/h3-6,9H,1-2H3,(H,14,15). The van der Waals surface area contributed by atoms with E-state index in [1.165, 1.54) is 12.1 Å². The Labute approximate surface area is 92.7 Å². The average Bonchev–Trinajstić information content (AvgIpc) is 2.11. The van der Waals surface area contributed by atoms with Crippen LogP contribution in [0.15, 0.2) is 18.2 Å². The Kier molecular flexibility index (Phi) is 3.69. The summed E-state index contributed by atoms with van der Waals surface area (Å²) in [6.07, 6.45) is 0. The van der Waals surface area contributed by atoms with Crippen LogP contribution in [-0.2, 0) is 4.79 Å². The Morgan fingerprint density at radius 1 is 1.47 bits per heavy atom. The highest BCUT2D eigenvalue weighted by atomic mass is 35.5. The van der Waals surface area contributed by atoms with E-state index in [2.05, 4.69) is 0 Å². The summed E-state index contributed by atoms with van der Waals surface area (Å²) in [6, 6.07) is 4.23. The minimum absolute atomic E-state index is 0.0985. The predicted molar refractivity (Wildman–Crippen MR) is 56.6 cm³/mol. The summed E-state index contributed by atoms with van der Waals surface area (Å²) in [5, 5.41) is 8.93. The molecule has 15 heavy (non-hydrogen) atoms. The molecule has 1 N–H and O–H groups in total. The molecule has 0 radical (unpaired) electrons. The molecule has 4 heteroatoms. The van der Waals surface area contributed by atoms with Gasteiger partial charge in [-0.2, -0.15) is 0 Å². The smallest absolute Gasteiger partial charge is 0.311 e. The molecule has 0 aliphatic heterocycles. The fourth-order valence-corrected chi connectivity index (χ4v) is 1.78. The third kappa shape index (κ3) is 2.48. The van der Waals surface area contributed by atoms with Crippen LogP contribution in [0.3, 0.4) is 0 Å². The Bertz CT molecular complexity index is 377. The molecule has 1 aromatic carbocycles. The van der Waals surface area contributed by atoms with Crippen molar-refractivity contribution in [1.29, 1.82) is 0 Å². The molecule has 0 amide bonds. The first-order valence-electron chi connectivity index (χ1n) is 4.62. The van der Waals surface area contributed by atoms with Gasteiger partial charge < -0.3 is 5.11 Å². The molecule has 0 aromatic heterocycles. The average molecular weight is 231 g/mol. The zero-order chi connectivity index (χ0) is 11.6. The Morgan fingerprint density at radius 2 is 2.07 bits per heavy atom. The number of aliphatic carboxylic acids is 1. The number of benzene rings is 1. The Balaban J connectivity index is 3.23. The molecular formula is C11H12ClFO2. The summed E-state index contributed by atoms with van der Waals surface area (Å²) in [5.74, 6) is -2.48. The Hall–Kier alpha value is -1.09. The molecular weight excluding hydrogens is 219 g/mol. The molecule has 0 aliphatic rings. The van der Waals surface area contributed by atoms with E-state index in [1.54, 1.807) is 19.9 Å². The molecule has 0 heterocycles. The molecule has 0 bridgehead atoms. The number of carboxylic acid groups (broad SMARTS) is 1. The van der Waals surface area contributed by atoms with E-state index in [0.29, 0.717) is 5.56 Å². The molecule has 82 valence electrons. The van der Waals surface area contributed by atoms with E-state index in [-0.39, 0.29) is 10.9 Å². The van der Waals surface area contributed by atoms with Crippen molar-refractivity contribution in [3.8, 4) is 0 Å². The number of carboxylic acids is 1. The van der Waals surface area contributed by atoms with Gasteiger partial charge in [0.25, 0.3) is 0 Å². The number of carbonyl (C=O) groups is 1. The lowest BCUT2D eigenvalue weighted by Crippen LogP contribution is -2.18. The minimum atomic E-state index is -0.988. The SMILES string of the molecule is CC(C)C(C(=O)O)c1cccc(F)c1Cl. The molecule has 0 spiro atoms. The topological polar surface area (TPSA) is 37.3 Å². The van der Waals surface area contributed by atoms with Crippen molar-refractivity contribution >= 4 is 17.6 Å². The van der Waals surface area contributed by atoms with Crippen LogP contribution in [0.2, 0.25) is 5.02 Å². The Morgan fingerprint density at radius 3 is 2.53 bits per heavy atom. The zero-order valence-corrected chi connectivity index (χ0v) is 9.25. The van der Waals surface area contributed by atoms with E-state index in [0.717, 1.165) is 0 Å². The second-order valence-corrected chi connectivity index (χ2v) is 4.08. The first kappa shape index (κ1) is 12.0. The van der Waals surface area contributed by atoms with Crippen LogP contribution in [0.25, 0.3) is 0 Å². The molecule has 1 unspecified atom stereocenters. The molecule has 0 saturated carbocycles. The van der Waals surface area contributed by atoms with Gasteiger partial charge in [-0.1, -0.05) is 37.6 Å². The van der Waals surface area contributed by atoms with Gasteiger partial charge in [-0.3, -0.25) is 4.79 Å². The largest absolute Gasteiger partial charge is 0.481 e. The summed E-state index contributed by atoms with van der Waals surface area (Å²) in [4.78, 5) is 11.0. The van der Waals surface area contributed by atoms with Gasteiger partial charge >= 0.3 is 5.97 Å². The summed E-state index contributed by atoms with van der Waals surface area (Å²) in [7, 11) is 0. The lowest BCUT2D eigenvalue weighted by molar-refractivity contribution is -0.139. The second-order valence-electron chi connectivity index (χ2n) is 3.70. The van der Waals surface area contributed by atoms with Crippen LogP contribution in [-0.4, -0.2) is 11.1 Å². The highest BCUT2D eigenvalue weighted by Gasteiger charge is 2.26. The van der Waals surface area contributed by atoms with Gasteiger partial charge in [-0.05, 0) is 17.5 Å². The van der Waals surface area contributed by atoms with Gasteiger partial charge in [0.05, 0.1) is 10.9 Å². The van der Waals surface area contributed by atoms with Gasteiger partial charge in [0, 0.05) is 0 Å². The van der Waals surface area contributed by atoms with Gasteiger partial charge in [0.15, 0.2) is 0 Å². The monoisotopic (exact) mass is 230 g/mol. The summed E-state index contributed by atoms with van der Waals surface area (Å²) >= 11 is 5.74. The van der Waals surface area contributed by atoms with Crippen LogP contribution >= 0.6 is 11.6 Å². The highest BCUT2D eigenvalue weighted by Crippen LogP contribution is 2.31. The minimum Gasteiger partial charge on any atom is -0.481 e. The van der Waals surface area contributed by atoms with E-state index in [1.807, 2.05) is 0 Å². The number of rotatable bonds is 3. The molecule has 2 nitrogen and oxygen atoms in total. The normalized spacial score (nSPS) is 12.9. The third-order valence-electron chi connectivity index (χ3n) is 2.25. The lowest BCUT2D eigenvalue weighted by Gasteiger charge is -2.17. The maximum Gasteiger partial charge on any atom is 0.311 e. The molecule has 1 atom stereocenters. The van der Waals surface area contributed by atoms with Crippen molar-refractivity contribution in [2.75, 3.05) is 0 Å². The van der Waals surface area contributed by atoms with Gasteiger partial charge in [0.1, 0.15) is 5.82 Å². The van der Waals surface area contributed by atoms with Gasteiger partial charge in [-0.25, -0.2) is 4.39 Å². The molecule has 1 rings (SSSR count). The second kappa shape index (κ2) is 4.62. The highest BCUT2D eigenvalue weighted by molar-refractivity contribution is 6.31. The predicted octanol–water partition coefficient (Wildman–Crippen LogP) is 3.30. The fourth-order valence-electron chi connectivity index (χ4n) is 1.54. The maximum atomic E-state index is 13.1. The third-order valence-corrected chi connectivity index (χ3v) is 2.65. The quantitative estimate of drug-likeness (QED) is 0.865. The fraction of sp³-hybridized carbons (Fsp3) is 0.364. The van der Waals surface area contributed by atoms with Crippen molar-refractivity contribution in [1.82, 2.24) is 0 Å². The summed E-state index contributed by atoms with van der Waals surface area (Å²) in [5.41, 5.74) is 0.333. The summed E-state index contributed by atoms with van der Waals surface area (Å²) in [6.45, 7) is 3.53. The molecule has 1 aromatic rings. The van der Waals surface area contributed by atoms with Crippen molar-refractivity contribution in [3.63, 3.8) is 0 Å². The maximum absolute atomic E-state index is 13.1. The van der Waals surface area contributed by atoms with Crippen LogP contribution in [0.1, 0.15) is 25.3 Å². The molecule has 0 saturated heterocycles. The first-order chi connectivity index (χ1) is 6.95. The van der Waals surface area contributed by atoms with Crippen molar-refractivity contribution < 1.29 is 14.3 Å². The number of hydrogen-bond donors (Lipinski definition) is 1. The van der Waals surface area contributed by atoms with E-state index in [9.17, 15) is 9.18 Å². The zero-order valence-electron chi connectivity index (χ0n) is 8.50. The van der Waals surface area contributed by atoms with Crippen molar-refractivity contribution in [2.45, 2.75) is 19.8 Å². The van der Waals surface area contributed by atoms with Crippen LogP contribution < -0.4 is 0 Å². The van der Waals surface area contributed by atoms with Crippen LogP contribution in [0.4, 0.5) is 4.39 Å². The van der Waals surface area contributed by atoms with Crippen molar-refractivity contribution in [2.24, 2.45) is 5.92 Å². The van der Waals surface area contributed by atoms with E-state index < -0.39 is 17.7 Å². The summed E-state index contributed by atoms with van der Waals surface area (Å²) < 4.78 is 13.1. The van der Waals surface area contributed by atoms with Crippen LogP contribution in [0, 0.1) is 11.7 Å². The van der Waals surface area contributed by atoms with Crippen molar-refractivity contribution in [3.05, 3.63) is 34.6 Å². The van der Waals surface area contributed by atoms with E-state index >= 15 is 0 Å². The molecule has 0 fully saturated rings. The van der Waals surface area contributed by atoms with Crippen LogP contribution in [0.5, 0.6) is 0 Å².